The summed E-state index contributed by atoms with van der Waals surface area (Å²) in [6, 6.07) is 0. The number of nitrogens with zero attached hydrogens (tertiary/aromatic N) is 4. The van der Waals surface area contributed by atoms with Crippen molar-refractivity contribution in [3.05, 3.63) is 31.1 Å². The van der Waals surface area contributed by atoms with Crippen LogP contribution in [0.2, 0.25) is 0 Å². The minimum atomic E-state index is -6.00. The summed E-state index contributed by atoms with van der Waals surface area (Å²) >= 11 is 0. The van der Waals surface area contributed by atoms with E-state index in [1.165, 1.54) is 0 Å². The molecule has 2 atom stereocenters. The van der Waals surface area contributed by atoms with E-state index in [0.717, 1.165) is 30.7 Å². The zero-order valence-electron chi connectivity index (χ0n) is 16.2. The Morgan fingerprint density at radius 2 is 1.62 bits per heavy atom. The number of halogens is 8. The largest absolute Gasteiger partial charge is 0.673 e. The van der Waals surface area contributed by atoms with Crippen molar-refractivity contribution in [2.45, 2.75) is 33.5 Å². The van der Waals surface area contributed by atoms with Gasteiger partial charge in [0, 0.05) is 6.92 Å². The lowest BCUT2D eigenvalue weighted by molar-refractivity contribution is -0.778. The van der Waals surface area contributed by atoms with E-state index in [4.69, 9.17) is 4.74 Å². The minimum Gasteiger partial charge on any atom is -0.418 e. The van der Waals surface area contributed by atoms with E-state index in [1.807, 2.05) is 12.5 Å². The maximum absolute atomic E-state index is 9.75. The van der Waals surface area contributed by atoms with Gasteiger partial charge in [0.15, 0.2) is 12.6 Å². The Balaban J connectivity index is 0.000000653. The van der Waals surface area contributed by atoms with Crippen LogP contribution in [0.4, 0.5) is 34.5 Å². The third kappa shape index (κ3) is 14.7. The molecule has 15 heteroatoms. The van der Waals surface area contributed by atoms with Gasteiger partial charge in [0.05, 0.1) is 19.3 Å². The highest BCUT2D eigenvalue weighted by Crippen LogP contribution is 2.12. The van der Waals surface area contributed by atoms with Crippen LogP contribution in [0.15, 0.2) is 36.1 Å². The molecule has 2 heterocycles. The Labute approximate surface area is 164 Å². The molecule has 2 rings (SSSR count). The van der Waals surface area contributed by atoms with Crippen LogP contribution in [-0.4, -0.2) is 49.6 Å². The monoisotopic (exact) mass is 438 g/mol. The molecule has 1 aliphatic heterocycles. The molecule has 2 unspecified atom stereocenters. The predicted molar refractivity (Wildman–Crippen MR) is 94.6 cm³/mol. The summed E-state index contributed by atoms with van der Waals surface area (Å²) in [5, 5.41) is 0. The topological polar surface area (TPSA) is 30.4 Å². The Morgan fingerprint density at radius 3 is 2.00 bits per heavy atom. The lowest BCUT2D eigenvalue weighted by Crippen LogP contribution is -2.42. The maximum atomic E-state index is 9.75. The third-order valence-corrected chi connectivity index (χ3v) is 3.70. The first-order valence-corrected chi connectivity index (χ1v) is 8.70. The zero-order chi connectivity index (χ0) is 22.7. The van der Waals surface area contributed by atoms with Crippen molar-refractivity contribution in [3.63, 3.8) is 0 Å². The number of hydrogen-bond acceptors (Lipinski definition) is 2. The number of likely N-dealkylation sites (N-methyl/N-ethyl adjacent to an activating group) is 1. The molecule has 1 aromatic rings. The second kappa shape index (κ2) is 12.0. The van der Waals surface area contributed by atoms with Crippen LogP contribution in [0.1, 0.15) is 27.0 Å². The normalized spacial score (nSPS) is 19.3. The van der Waals surface area contributed by atoms with Crippen molar-refractivity contribution in [3.8, 4) is 0 Å². The van der Waals surface area contributed by atoms with Gasteiger partial charge >= 0.3 is 14.5 Å². The number of hydrogen-bond donors (Lipinski definition) is 0. The van der Waals surface area contributed by atoms with Crippen LogP contribution < -0.4 is 4.57 Å². The molecule has 0 spiro atoms. The molecule has 0 saturated carbocycles. The van der Waals surface area contributed by atoms with Crippen molar-refractivity contribution in [1.82, 2.24) is 4.57 Å². The Bertz CT molecular complexity index is 612. The minimum absolute atomic E-state index is 0.0632. The maximum Gasteiger partial charge on any atom is 0.673 e. The fourth-order valence-electron chi connectivity index (χ4n) is 2.15. The summed E-state index contributed by atoms with van der Waals surface area (Å²) in [6.45, 7) is 10.0. The number of aliphatic imine (C=N–C) groups is 1. The van der Waals surface area contributed by atoms with Gasteiger partial charge in [-0.15, -0.1) is 0 Å². The molecule has 1 aromatic heterocycles. The summed E-state index contributed by atoms with van der Waals surface area (Å²) in [7, 11) is -12.0. The molecule has 5 nitrogen and oxygen atoms in total. The van der Waals surface area contributed by atoms with Gasteiger partial charge in [-0.3, -0.25) is 4.48 Å². The van der Waals surface area contributed by atoms with Gasteiger partial charge in [0.25, 0.3) is 0 Å². The van der Waals surface area contributed by atoms with E-state index in [0.29, 0.717) is 0 Å². The van der Waals surface area contributed by atoms with E-state index in [9.17, 15) is 34.5 Å². The average molecular weight is 438 g/mol. The first kappa shape index (κ1) is 27.1. The second-order valence-electron chi connectivity index (χ2n) is 5.86. The fourth-order valence-corrected chi connectivity index (χ4v) is 2.15. The number of imidazole rings is 1. The molecule has 0 radical (unpaired) electrons. The number of quaternary nitrogens is 1. The average Bonchev–Trinajstić information content (AvgIpc) is 3.21. The Morgan fingerprint density at radius 1 is 1.07 bits per heavy atom. The van der Waals surface area contributed by atoms with Crippen LogP contribution in [0.5, 0.6) is 0 Å². The van der Waals surface area contributed by atoms with E-state index >= 15 is 0 Å². The van der Waals surface area contributed by atoms with Gasteiger partial charge in [-0.05, 0) is 13.8 Å². The van der Waals surface area contributed by atoms with Crippen LogP contribution >= 0.6 is 0 Å². The lowest BCUT2D eigenvalue weighted by Gasteiger charge is -2.25. The van der Waals surface area contributed by atoms with Gasteiger partial charge in [-0.1, -0.05) is 0 Å². The number of aryl methyl sites for hydroxylation is 1. The van der Waals surface area contributed by atoms with Crippen LogP contribution in [-0.2, 0) is 11.3 Å². The number of ether oxygens (including phenoxy) is 1. The first-order chi connectivity index (χ1) is 13.2. The molecule has 0 aliphatic carbocycles. The Kier molecular flexibility index (Phi) is 11.2. The highest BCUT2D eigenvalue weighted by Gasteiger charge is 2.24. The number of rotatable bonds is 7. The van der Waals surface area contributed by atoms with Gasteiger partial charge < -0.3 is 39.3 Å². The standard InChI is InChI=1S/C14H24N4O.2BF4/c1-4-16-7-8-17(13-16)14(3)19-11-10-18(5-2)9-6-15-12-18;2*2-1(3,4)5/h6-9,12-14H,4-5,10-11H2,1-3H3;;/q+2;2*-1. The molecule has 0 aromatic carbocycles. The number of aromatic nitrogens is 2. The highest BCUT2D eigenvalue weighted by molar-refractivity contribution is 6.50. The highest BCUT2D eigenvalue weighted by atomic mass is 19.5. The molecular formula is C14H24B2F8N4O. The smallest absolute Gasteiger partial charge is 0.418 e. The summed E-state index contributed by atoms with van der Waals surface area (Å²) in [6.07, 6.45) is 12.2. The van der Waals surface area contributed by atoms with Crippen molar-refractivity contribution in [2.75, 3.05) is 19.7 Å². The fraction of sp³-hybridized carbons (Fsp3) is 0.571. The van der Waals surface area contributed by atoms with Crippen molar-refractivity contribution >= 4 is 20.8 Å². The molecule has 0 N–H and O–H groups in total. The van der Waals surface area contributed by atoms with Crippen molar-refractivity contribution < 1.29 is 48.3 Å². The molecule has 29 heavy (non-hydrogen) atoms. The second-order valence-corrected chi connectivity index (χ2v) is 5.86. The van der Waals surface area contributed by atoms with Gasteiger partial charge in [0.1, 0.15) is 31.7 Å². The van der Waals surface area contributed by atoms with E-state index in [2.05, 4.69) is 59.8 Å². The van der Waals surface area contributed by atoms with Gasteiger partial charge in [-0.2, -0.15) is 0 Å². The van der Waals surface area contributed by atoms with Crippen molar-refractivity contribution in [1.29, 1.82) is 0 Å². The predicted octanol–water partition coefficient (Wildman–Crippen LogP) is 4.28. The van der Waals surface area contributed by atoms with Gasteiger partial charge in [0.2, 0.25) is 6.33 Å². The summed E-state index contributed by atoms with van der Waals surface area (Å²) in [5.74, 6) is 0. The van der Waals surface area contributed by atoms with E-state index < -0.39 is 14.5 Å². The molecular weight excluding hydrogens is 414 g/mol. The summed E-state index contributed by atoms with van der Waals surface area (Å²) < 4.78 is 88.9. The van der Waals surface area contributed by atoms with Crippen LogP contribution in [0.3, 0.4) is 0 Å². The van der Waals surface area contributed by atoms with Crippen LogP contribution in [0, 0.1) is 0 Å². The molecule has 168 valence electrons. The lowest BCUT2D eigenvalue weighted by atomic mass is 10.3. The quantitative estimate of drug-likeness (QED) is 0.271. The third-order valence-electron chi connectivity index (χ3n) is 3.70. The zero-order valence-corrected chi connectivity index (χ0v) is 16.2. The van der Waals surface area contributed by atoms with Crippen LogP contribution in [0.25, 0.3) is 0 Å². The summed E-state index contributed by atoms with van der Waals surface area (Å²) in [5.41, 5.74) is 0. The SMILES string of the molecule is CC[n+]1ccn(C(C)OCC[N+]2(CC)C=CN=C2)c1.F[B-](F)(F)F.F[B-](F)(F)F. The molecule has 1 aliphatic rings. The first-order valence-electron chi connectivity index (χ1n) is 8.70. The van der Waals surface area contributed by atoms with E-state index in [1.54, 1.807) is 0 Å². The summed E-state index contributed by atoms with van der Waals surface area (Å²) in [4.78, 5) is 4.18. The van der Waals surface area contributed by atoms with Crippen molar-refractivity contribution in [2.24, 2.45) is 4.99 Å². The van der Waals surface area contributed by atoms with E-state index in [-0.39, 0.29) is 6.23 Å². The molecule has 0 fully saturated rings. The van der Waals surface area contributed by atoms with Gasteiger partial charge in [-0.25, -0.2) is 14.1 Å². The molecule has 0 saturated heterocycles. The molecule has 0 bridgehead atoms. The molecule has 0 amide bonds. The Hall–Kier alpha value is -1.89.